The number of alkyl halides is 3. The molecule has 116 valence electrons. The van der Waals surface area contributed by atoms with Crippen molar-refractivity contribution in [2.45, 2.75) is 31.9 Å². The summed E-state index contributed by atoms with van der Waals surface area (Å²) in [6.45, 7) is -0.573. The van der Waals surface area contributed by atoms with Gasteiger partial charge in [0.05, 0.1) is 13.1 Å². The number of carbonyl (C=O) groups excluding carboxylic acids is 1. The number of carboxylic acid groups (broad SMARTS) is 1. The largest absolute Gasteiger partial charge is 0.481 e. The van der Waals surface area contributed by atoms with Crippen LogP contribution in [0.15, 0.2) is 0 Å². The van der Waals surface area contributed by atoms with E-state index in [0.717, 1.165) is 12.8 Å². The van der Waals surface area contributed by atoms with Gasteiger partial charge in [-0.15, -0.1) is 0 Å². The third kappa shape index (κ3) is 6.74. The monoisotopic (exact) mass is 296 g/mol. The van der Waals surface area contributed by atoms with Gasteiger partial charge in [-0.1, -0.05) is 0 Å². The molecule has 1 unspecified atom stereocenters. The molecular weight excluding hydrogens is 277 g/mol. The topological polar surface area (TPSA) is 69.6 Å². The summed E-state index contributed by atoms with van der Waals surface area (Å²) in [5.74, 6) is -1.12. The van der Waals surface area contributed by atoms with Gasteiger partial charge in [-0.2, -0.15) is 13.2 Å². The summed E-state index contributed by atoms with van der Waals surface area (Å²) >= 11 is 0. The summed E-state index contributed by atoms with van der Waals surface area (Å²) in [5.41, 5.74) is 0. The van der Waals surface area contributed by atoms with Crippen molar-refractivity contribution in [3.05, 3.63) is 0 Å². The fourth-order valence-electron chi connectivity index (χ4n) is 2.28. The molecule has 8 heteroatoms. The van der Waals surface area contributed by atoms with Gasteiger partial charge in [0.25, 0.3) is 0 Å². The van der Waals surface area contributed by atoms with E-state index in [2.05, 4.69) is 5.32 Å². The van der Waals surface area contributed by atoms with Crippen molar-refractivity contribution in [1.29, 1.82) is 0 Å². The number of nitrogens with one attached hydrogen (secondary N) is 1. The van der Waals surface area contributed by atoms with Crippen molar-refractivity contribution < 1.29 is 27.9 Å². The molecule has 0 bridgehead atoms. The Hall–Kier alpha value is -1.31. The van der Waals surface area contributed by atoms with Gasteiger partial charge in [-0.3, -0.25) is 9.59 Å². The maximum atomic E-state index is 11.9. The highest BCUT2D eigenvalue weighted by Gasteiger charge is 2.28. The van der Waals surface area contributed by atoms with E-state index in [1.54, 1.807) is 0 Å². The Labute approximate surface area is 115 Å². The zero-order chi connectivity index (χ0) is 15.2. The smallest absolute Gasteiger partial charge is 0.401 e. The number of carboxylic acids is 1. The van der Waals surface area contributed by atoms with Gasteiger partial charge in [-0.05, 0) is 25.2 Å². The Bertz CT molecular complexity index is 347. The number of hydrogen-bond acceptors (Lipinski definition) is 3. The minimum absolute atomic E-state index is 0.0546. The lowest BCUT2D eigenvalue weighted by Gasteiger charge is -2.32. The van der Waals surface area contributed by atoms with Crippen LogP contribution in [0, 0.1) is 5.92 Å². The molecule has 0 aromatic rings. The van der Waals surface area contributed by atoms with Crippen LogP contribution in [-0.4, -0.2) is 54.2 Å². The molecule has 0 radical (unpaired) electrons. The van der Waals surface area contributed by atoms with Crippen molar-refractivity contribution >= 4 is 11.9 Å². The highest BCUT2D eigenvalue weighted by molar-refractivity contribution is 5.78. The van der Waals surface area contributed by atoms with Gasteiger partial charge >= 0.3 is 12.1 Å². The molecule has 1 amide bonds. The lowest BCUT2D eigenvalue weighted by molar-refractivity contribution is -0.137. The third-order valence-corrected chi connectivity index (χ3v) is 3.24. The summed E-state index contributed by atoms with van der Waals surface area (Å²) in [5, 5.41) is 10.7. The maximum absolute atomic E-state index is 11.9. The average Bonchev–Trinajstić information content (AvgIpc) is 2.35. The number of hydrogen-bond donors (Lipinski definition) is 2. The minimum atomic E-state index is -4.33. The molecule has 1 aliphatic heterocycles. The van der Waals surface area contributed by atoms with E-state index in [4.69, 9.17) is 5.11 Å². The molecule has 0 aliphatic carbocycles. The highest BCUT2D eigenvalue weighted by Crippen LogP contribution is 2.21. The van der Waals surface area contributed by atoms with E-state index in [1.807, 2.05) is 0 Å². The first-order valence-corrected chi connectivity index (χ1v) is 6.55. The molecule has 1 heterocycles. The van der Waals surface area contributed by atoms with Gasteiger partial charge in [0.15, 0.2) is 0 Å². The van der Waals surface area contributed by atoms with E-state index in [0.29, 0.717) is 19.5 Å². The first kappa shape index (κ1) is 16.7. The number of aliphatic carboxylic acids is 1. The molecule has 0 aromatic heterocycles. The highest BCUT2D eigenvalue weighted by atomic mass is 19.4. The number of piperidine rings is 1. The summed E-state index contributed by atoms with van der Waals surface area (Å²) in [6, 6.07) is 0. The van der Waals surface area contributed by atoms with Crippen LogP contribution in [0.2, 0.25) is 0 Å². The summed E-state index contributed by atoms with van der Waals surface area (Å²) in [7, 11) is 0. The van der Waals surface area contributed by atoms with Gasteiger partial charge in [0.1, 0.15) is 0 Å². The second-order valence-corrected chi connectivity index (χ2v) is 5.00. The second-order valence-electron chi connectivity index (χ2n) is 5.00. The average molecular weight is 296 g/mol. The first-order valence-electron chi connectivity index (χ1n) is 6.55. The number of halogens is 3. The number of rotatable bonds is 6. The van der Waals surface area contributed by atoms with Gasteiger partial charge in [-0.25, -0.2) is 0 Å². The van der Waals surface area contributed by atoms with E-state index in [1.165, 1.54) is 4.90 Å². The van der Waals surface area contributed by atoms with Gasteiger partial charge in [0, 0.05) is 19.5 Å². The SMILES string of the molecule is O=C(O)CCC1CCCN(C(=O)CNCC(F)(F)F)C1. The number of likely N-dealkylation sites (tertiary alicyclic amines) is 1. The number of nitrogens with zero attached hydrogens (tertiary/aromatic N) is 1. The van der Waals surface area contributed by atoms with Crippen LogP contribution in [0.5, 0.6) is 0 Å². The Morgan fingerprint density at radius 2 is 2.05 bits per heavy atom. The fourth-order valence-corrected chi connectivity index (χ4v) is 2.28. The number of amides is 1. The Kier molecular flexibility index (Phi) is 6.25. The molecule has 0 saturated carbocycles. The standard InChI is InChI=1S/C12H19F3N2O3/c13-12(14,15)8-16-6-10(18)17-5-1-2-9(7-17)3-4-11(19)20/h9,16H,1-8H2,(H,19,20). The van der Waals surface area contributed by atoms with Crippen molar-refractivity contribution in [2.24, 2.45) is 5.92 Å². The summed E-state index contributed by atoms with van der Waals surface area (Å²) < 4.78 is 35.8. The van der Waals surface area contributed by atoms with Crippen LogP contribution in [0.25, 0.3) is 0 Å². The maximum Gasteiger partial charge on any atom is 0.401 e. The van der Waals surface area contributed by atoms with Crippen LogP contribution < -0.4 is 5.32 Å². The van der Waals surface area contributed by atoms with Crippen molar-refractivity contribution in [3.8, 4) is 0 Å². The van der Waals surface area contributed by atoms with Crippen LogP contribution in [0.1, 0.15) is 25.7 Å². The molecule has 1 aliphatic rings. The molecule has 5 nitrogen and oxygen atoms in total. The lowest BCUT2D eigenvalue weighted by atomic mass is 9.93. The molecule has 20 heavy (non-hydrogen) atoms. The van der Waals surface area contributed by atoms with Crippen LogP contribution in [0.4, 0.5) is 13.2 Å². The van der Waals surface area contributed by atoms with Crippen molar-refractivity contribution in [2.75, 3.05) is 26.2 Å². The Morgan fingerprint density at radius 1 is 1.35 bits per heavy atom. The molecule has 0 spiro atoms. The molecule has 2 N–H and O–H groups in total. The molecule has 1 atom stereocenters. The molecule has 0 aromatic carbocycles. The fraction of sp³-hybridized carbons (Fsp3) is 0.833. The zero-order valence-electron chi connectivity index (χ0n) is 11.1. The first-order chi connectivity index (χ1) is 9.28. The minimum Gasteiger partial charge on any atom is -0.481 e. The molecule has 1 fully saturated rings. The molecule has 1 rings (SSSR count). The molecule has 1 saturated heterocycles. The lowest BCUT2D eigenvalue weighted by Crippen LogP contribution is -2.45. The van der Waals surface area contributed by atoms with Crippen LogP contribution in [0.3, 0.4) is 0 Å². The summed E-state index contributed by atoms with van der Waals surface area (Å²) in [6.07, 6.45) is -2.16. The number of carbonyl (C=O) groups is 2. The van der Waals surface area contributed by atoms with E-state index < -0.39 is 18.7 Å². The molecular formula is C12H19F3N2O3. The van der Waals surface area contributed by atoms with Crippen LogP contribution in [-0.2, 0) is 9.59 Å². The van der Waals surface area contributed by atoms with E-state index in [-0.39, 0.29) is 24.8 Å². The van der Waals surface area contributed by atoms with Crippen molar-refractivity contribution in [1.82, 2.24) is 10.2 Å². The predicted molar refractivity (Wildman–Crippen MR) is 65.1 cm³/mol. The Morgan fingerprint density at radius 3 is 2.65 bits per heavy atom. The zero-order valence-corrected chi connectivity index (χ0v) is 11.1. The summed E-state index contributed by atoms with van der Waals surface area (Å²) in [4.78, 5) is 23.8. The normalized spacial score (nSPS) is 19.9. The predicted octanol–water partition coefficient (Wildman–Crippen LogP) is 1.24. The van der Waals surface area contributed by atoms with Gasteiger partial charge in [0.2, 0.25) is 5.91 Å². The van der Waals surface area contributed by atoms with Crippen molar-refractivity contribution in [3.63, 3.8) is 0 Å². The van der Waals surface area contributed by atoms with E-state index in [9.17, 15) is 22.8 Å². The van der Waals surface area contributed by atoms with E-state index >= 15 is 0 Å². The quantitative estimate of drug-likeness (QED) is 0.774. The Balaban J connectivity index is 2.31. The van der Waals surface area contributed by atoms with Crippen LogP contribution >= 0.6 is 0 Å². The third-order valence-electron chi connectivity index (χ3n) is 3.24. The second kappa shape index (κ2) is 7.47. The van der Waals surface area contributed by atoms with Gasteiger partial charge < -0.3 is 15.3 Å².